The summed E-state index contributed by atoms with van der Waals surface area (Å²) in [7, 11) is 0. The van der Waals surface area contributed by atoms with E-state index in [2.05, 4.69) is 12.2 Å². The number of rotatable bonds is 7. The highest BCUT2D eigenvalue weighted by atomic mass is 16.5. The number of hydrogen-bond acceptors (Lipinski definition) is 5. The number of amides is 1. The smallest absolute Gasteiger partial charge is 0.414 e. The highest BCUT2D eigenvalue weighted by Gasteiger charge is 2.41. The summed E-state index contributed by atoms with van der Waals surface area (Å²) in [5.74, 6) is -3.47. The minimum Gasteiger partial charge on any atom is -0.473 e. The Morgan fingerprint density at radius 1 is 1.07 bits per heavy atom. The second kappa shape index (κ2) is 12.1. The summed E-state index contributed by atoms with van der Waals surface area (Å²) in [6.07, 6.45) is 3.37. The second-order valence-corrected chi connectivity index (χ2v) is 6.56. The molecule has 1 heterocycles. The van der Waals surface area contributed by atoms with E-state index in [4.69, 9.17) is 24.5 Å². The van der Waals surface area contributed by atoms with Crippen LogP contribution in [0.15, 0.2) is 30.3 Å². The van der Waals surface area contributed by atoms with Gasteiger partial charge in [0.25, 0.3) is 0 Å². The van der Waals surface area contributed by atoms with Gasteiger partial charge in [0.2, 0.25) is 5.91 Å². The van der Waals surface area contributed by atoms with E-state index in [1.165, 1.54) is 0 Å². The Labute approximate surface area is 165 Å². The average molecular weight is 394 g/mol. The number of nitrogens with one attached hydrogen (secondary N) is 1. The van der Waals surface area contributed by atoms with Gasteiger partial charge >= 0.3 is 11.9 Å². The van der Waals surface area contributed by atoms with Gasteiger partial charge in [-0.05, 0) is 44.5 Å². The topological polar surface area (TPSA) is 116 Å². The van der Waals surface area contributed by atoms with Gasteiger partial charge in [0.05, 0.1) is 12.1 Å². The zero-order chi connectivity index (χ0) is 21.0. The van der Waals surface area contributed by atoms with Gasteiger partial charge < -0.3 is 25.2 Å². The lowest BCUT2D eigenvalue weighted by Crippen LogP contribution is -2.60. The second-order valence-electron chi connectivity index (χ2n) is 6.56. The van der Waals surface area contributed by atoms with Gasteiger partial charge in [-0.2, -0.15) is 0 Å². The van der Waals surface area contributed by atoms with Gasteiger partial charge in [-0.25, -0.2) is 9.59 Å². The minimum absolute atomic E-state index is 0.174. The van der Waals surface area contributed by atoms with Gasteiger partial charge in [-0.3, -0.25) is 4.79 Å². The molecule has 0 bridgehead atoms. The van der Waals surface area contributed by atoms with Crippen LogP contribution in [0.4, 0.5) is 5.69 Å². The van der Waals surface area contributed by atoms with Crippen LogP contribution in [0.25, 0.3) is 0 Å². The molecule has 1 aromatic carbocycles. The summed E-state index contributed by atoms with van der Waals surface area (Å²) in [4.78, 5) is 32.9. The number of ether oxygens (including phenoxy) is 1. The summed E-state index contributed by atoms with van der Waals surface area (Å²) in [6, 6.07) is 10.0. The van der Waals surface area contributed by atoms with Crippen molar-refractivity contribution in [1.82, 2.24) is 5.32 Å². The first kappa shape index (κ1) is 23.6. The van der Waals surface area contributed by atoms with Crippen molar-refractivity contribution in [3.63, 3.8) is 0 Å². The maximum atomic E-state index is 12.7. The number of carbonyl (C=O) groups is 3. The van der Waals surface area contributed by atoms with Crippen LogP contribution in [0.1, 0.15) is 39.5 Å². The monoisotopic (exact) mass is 394 g/mol. The van der Waals surface area contributed by atoms with Crippen molar-refractivity contribution in [3.05, 3.63) is 30.3 Å². The number of para-hydroxylation sites is 1. The molecular formula is C20H30N2O6. The molecule has 0 aromatic heterocycles. The van der Waals surface area contributed by atoms with E-state index in [0.29, 0.717) is 13.0 Å². The quantitative estimate of drug-likeness (QED) is 0.479. The standard InChI is InChI=1S/C18H28N2O2.C2H2O4/c1-3-14-22-15-18(10-12-19-13-11-18)20(17(21)4-2)16-8-6-5-7-9-16;3-1(4)2(5)6/h5-9,19H,3-4,10-15H2,1-2H3;(H,3,4)(H,5,6). The summed E-state index contributed by atoms with van der Waals surface area (Å²) in [6.45, 7) is 7.26. The first-order valence-electron chi connectivity index (χ1n) is 9.50. The van der Waals surface area contributed by atoms with Crippen LogP contribution in [-0.2, 0) is 19.1 Å². The minimum atomic E-state index is -1.82. The lowest BCUT2D eigenvalue weighted by molar-refractivity contribution is -0.159. The highest BCUT2D eigenvalue weighted by Crippen LogP contribution is 2.32. The third kappa shape index (κ3) is 6.94. The van der Waals surface area contributed by atoms with E-state index >= 15 is 0 Å². The maximum Gasteiger partial charge on any atom is 0.414 e. The fraction of sp³-hybridized carbons (Fsp3) is 0.550. The molecule has 3 N–H and O–H groups in total. The molecule has 0 aliphatic carbocycles. The number of carbonyl (C=O) groups excluding carboxylic acids is 1. The molecule has 1 saturated heterocycles. The Morgan fingerprint density at radius 3 is 2.11 bits per heavy atom. The summed E-state index contributed by atoms with van der Waals surface area (Å²) in [5, 5.41) is 18.2. The van der Waals surface area contributed by atoms with Gasteiger partial charge in [0, 0.05) is 18.7 Å². The molecule has 8 nitrogen and oxygen atoms in total. The number of carboxylic acid groups (broad SMARTS) is 2. The fourth-order valence-corrected chi connectivity index (χ4v) is 3.15. The lowest BCUT2D eigenvalue weighted by atomic mass is 9.86. The summed E-state index contributed by atoms with van der Waals surface area (Å²) < 4.78 is 5.90. The average Bonchev–Trinajstić information content (AvgIpc) is 2.70. The SMILES string of the molecule is CCCOCC1(N(C(=O)CC)c2ccccc2)CCNCC1.O=C(O)C(=O)O. The Bertz CT molecular complexity index is 617. The molecular weight excluding hydrogens is 364 g/mol. The molecule has 1 amide bonds. The van der Waals surface area contributed by atoms with E-state index in [-0.39, 0.29) is 11.4 Å². The molecule has 156 valence electrons. The Balaban J connectivity index is 0.000000568. The van der Waals surface area contributed by atoms with E-state index in [0.717, 1.165) is 44.6 Å². The molecule has 8 heteroatoms. The largest absolute Gasteiger partial charge is 0.473 e. The third-order valence-corrected chi connectivity index (χ3v) is 4.48. The predicted octanol–water partition coefficient (Wildman–Crippen LogP) is 2.13. The van der Waals surface area contributed by atoms with Gasteiger partial charge in [0.1, 0.15) is 0 Å². The van der Waals surface area contributed by atoms with E-state index in [1.807, 2.05) is 42.2 Å². The van der Waals surface area contributed by atoms with E-state index in [9.17, 15) is 4.79 Å². The van der Waals surface area contributed by atoms with Crippen LogP contribution in [0.3, 0.4) is 0 Å². The predicted molar refractivity (Wildman–Crippen MR) is 105 cm³/mol. The molecule has 1 aromatic rings. The van der Waals surface area contributed by atoms with Crippen LogP contribution in [0.5, 0.6) is 0 Å². The van der Waals surface area contributed by atoms with Gasteiger partial charge in [-0.1, -0.05) is 32.0 Å². The van der Waals surface area contributed by atoms with Crippen LogP contribution in [0, 0.1) is 0 Å². The lowest BCUT2D eigenvalue weighted by Gasteiger charge is -2.46. The van der Waals surface area contributed by atoms with Gasteiger partial charge in [-0.15, -0.1) is 0 Å². The van der Waals surface area contributed by atoms with Crippen molar-refractivity contribution in [2.45, 2.75) is 45.1 Å². The Kier molecular flexibility index (Phi) is 10.2. The fourth-order valence-electron chi connectivity index (χ4n) is 3.15. The Morgan fingerprint density at radius 2 is 1.64 bits per heavy atom. The first-order chi connectivity index (χ1) is 13.4. The van der Waals surface area contributed by atoms with Crippen LogP contribution >= 0.6 is 0 Å². The zero-order valence-electron chi connectivity index (χ0n) is 16.5. The number of piperidine rings is 1. The van der Waals surface area contributed by atoms with Gasteiger partial charge in [0.15, 0.2) is 0 Å². The van der Waals surface area contributed by atoms with Crippen molar-refractivity contribution >= 4 is 23.5 Å². The molecule has 0 radical (unpaired) electrons. The number of aliphatic carboxylic acids is 2. The van der Waals surface area contributed by atoms with Crippen molar-refractivity contribution < 1.29 is 29.3 Å². The van der Waals surface area contributed by atoms with E-state index < -0.39 is 11.9 Å². The van der Waals surface area contributed by atoms with Crippen molar-refractivity contribution in [1.29, 1.82) is 0 Å². The summed E-state index contributed by atoms with van der Waals surface area (Å²) >= 11 is 0. The first-order valence-corrected chi connectivity index (χ1v) is 9.50. The molecule has 1 fully saturated rings. The number of nitrogens with zero attached hydrogens (tertiary/aromatic N) is 1. The maximum absolute atomic E-state index is 12.7. The van der Waals surface area contributed by atoms with Crippen LogP contribution < -0.4 is 10.2 Å². The summed E-state index contributed by atoms with van der Waals surface area (Å²) in [5.41, 5.74) is 0.755. The molecule has 0 unspecified atom stereocenters. The van der Waals surface area contributed by atoms with Crippen LogP contribution in [-0.4, -0.2) is 59.9 Å². The normalized spacial score (nSPS) is 15.1. The zero-order valence-corrected chi connectivity index (χ0v) is 16.5. The number of hydrogen-bond donors (Lipinski definition) is 3. The van der Waals surface area contributed by atoms with Crippen molar-refractivity contribution in [3.8, 4) is 0 Å². The Hall–Kier alpha value is -2.45. The van der Waals surface area contributed by atoms with Crippen molar-refractivity contribution in [2.24, 2.45) is 0 Å². The molecule has 2 rings (SSSR count). The molecule has 1 aliphatic heterocycles. The molecule has 0 saturated carbocycles. The van der Waals surface area contributed by atoms with E-state index in [1.54, 1.807) is 0 Å². The van der Waals surface area contributed by atoms with Crippen molar-refractivity contribution in [2.75, 3.05) is 31.2 Å². The molecule has 28 heavy (non-hydrogen) atoms. The number of anilines is 1. The molecule has 1 aliphatic rings. The highest BCUT2D eigenvalue weighted by molar-refractivity contribution is 6.27. The number of benzene rings is 1. The van der Waals surface area contributed by atoms with Crippen LogP contribution in [0.2, 0.25) is 0 Å². The molecule has 0 atom stereocenters. The number of carboxylic acids is 2. The molecule has 0 spiro atoms. The third-order valence-electron chi connectivity index (χ3n) is 4.48.